The monoisotopic (exact) mass is 510 g/mol. The van der Waals surface area contributed by atoms with Crippen LogP contribution in [0, 0.1) is 0 Å². The molecule has 0 saturated heterocycles. The van der Waals surface area contributed by atoms with Crippen molar-refractivity contribution in [3.63, 3.8) is 0 Å². The topological polar surface area (TPSA) is 61.0 Å². The molecule has 0 radical (unpaired) electrons. The van der Waals surface area contributed by atoms with E-state index in [2.05, 4.69) is 53.3 Å². The van der Waals surface area contributed by atoms with E-state index in [-0.39, 0.29) is 25.2 Å². The fourth-order valence-electron chi connectivity index (χ4n) is 5.43. The summed E-state index contributed by atoms with van der Waals surface area (Å²) in [7, 11) is 9.59. The van der Waals surface area contributed by atoms with Gasteiger partial charge in [-0.25, -0.2) is 0 Å². The molecule has 8 heteroatoms. The molecular formula is C23H39Cl2MnN5. The van der Waals surface area contributed by atoms with Gasteiger partial charge < -0.3 is 21.3 Å². The van der Waals surface area contributed by atoms with Gasteiger partial charge in [-0.15, -0.1) is 0 Å². The van der Waals surface area contributed by atoms with Gasteiger partial charge in [0.1, 0.15) is 0 Å². The van der Waals surface area contributed by atoms with Crippen LogP contribution in [-0.2, 0) is 13.1 Å². The van der Waals surface area contributed by atoms with Crippen LogP contribution in [0.25, 0.3) is 0 Å². The van der Waals surface area contributed by atoms with Crippen molar-refractivity contribution in [2.45, 2.75) is 101 Å². The number of nitrogens with one attached hydrogen (secondary N) is 4. The number of rotatable bonds is 0. The Morgan fingerprint density at radius 3 is 1.55 bits per heavy atom. The summed E-state index contributed by atoms with van der Waals surface area (Å²) in [6.07, 6.45) is 10.4. The summed E-state index contributed by atoms with van der Waals surface area (Å²) in [6, 6.07) is 9.34. The first-order valence-electron chi connectivity index (χ1n) is 11.9. The molecule has 6 atom stereocenters. The minimum atomic E-state index is 0.00694. The van der Waals surface area contributed by atoms with E-state index in [0.29, 0.717) is 24.2 Å². The molecule has 5 nitrogen and oxygen atoms in total. The maximum atomic E-state index is 5.06. The zero-order valence-corrected chi connectivity index (χ0v) is 21.5. The van der Waals surface area contributed by atoms with E-state index in [1.54, 1.807) is 0 Å². The van der Waals surface area contributed by atoms with Gasteiger partial charge in [0.2, 0.25) is 0 Å². The third kappa shape index (κ3) is 7.82. The van der Waals surface area contributed by atoms with Crippen LogP contribution in [0.15, 0.2) is 18.2 Å². The van der Waals surface area contributed by atoms with E-state index in [0.717, 1.165) is 13.1 Å². The van der Waals surface area contributed by atoms with Crippen LogP contribution in [0.5, 0.6) is 0 Å². The average Bonchev–Trinajstić information content (AvgIpc) is 2.79. The van der Waals surface area contributed by atoms with Crippen molar-refractivity contribution in [3.8, 4) is 0 Å². The Kier molecular flexibility index (Phi) is 11.4. The molecule has 0 aromatic carbocycles. The summed E-state index contributed by atoms with van der Waals surface area (Å²) in [6.45, 7) is 6.66. The fraction of sp³-hybridized carbons (Fsp3) is 0.783. The number of pyridine rings is 1. The first-order valence-corrected chi connectivity index (χ1v) is 15.2. The van der Waals surface area contributed by atoms with Crippen LogP contribution in [0.2, 0.25) is 0 Å². The Morgan fingerprint density at radius 2 is 1.13 bits per heavy atom. The predicted octanol–water partition coefficient (Wildman–Crippen LogP) is 4.57. The molecular weight excluding hydrogens is 472 g/mol. The van der Waals surface area contributed by atoms with Crippen molar-refractivity contribution >= 4 is 20.2 Å². The van der Waals surface area contributed by atoms with Gasteiger partial charge in [0.05, 0.1) is 11.4 Å². The third-order valence-electron chi connectivity index (χ3n) is 7.08. The third-order valence-corrected chi connectivity index (χ3v) is 7.08. The Labute approximate surface area is 203 Å². The minimum absolute atomic E-state index is 0.00694. The fourth-order valence-corrected chi connectivity index (χ4v) is 5.43. The van der Waals surface area contributed by atoms with Gasteiger partial charge in [-0.2, -0.15) is 0 Å². The van der Waals surface area contributed by atoms with Crippen LogP contribution in [0.4, 0.5) is 0 Å². The summed E-state index contributed by atoms with van der Waals surface area (Å²) in [4.78, 5) is 5.06. The van der Waals surface area contributed by atoms with Gasteiger partial charge in [0, 0.05) is 49.3 Å². The van der Waals surface area contributed by atoms with E-state index in [9.17, 15) is 0 Å². The molecule has 1 aromatic rings. The van der Waals surface area contributed by atoms with Crippen molar-refractivity contribution in [2.75, 3.05) is 13.1 Å². The summed E-state index contributed by atoms with van der Waals surface area (Å²) < 4.78 is 0. The Balaban J connectivity index is 0.000000858. The van der Waals surface area contributed by atoms with Crippen molar-refractivity contribution < 1.29 is 13.1 Å². The zero-order valence-electron chi connectivity index (χ0n) is 18.8. The normalized spacial score (nSPS) is 34.7. The summed E-state index contributed by atoms with van der Waals surface area (Å²) in [5.41, 5.74) is 2.34. The molecule has 4 rings (SSSR count). The van der Waals surface area contributed by atoms with E-state index >= 15 is 0 Å². The molecule has 4 N–H and O–H groups in total. The van der Waals surface area contributed by atoms with Crippen LogP contribution in [-0.4, -0.2) is 42.2 Å². The van der Waals surface area contributed by atoms with Crippen LogP contribution in [0.1, 0.15) is 88.7 Å². The molecule has 31 heavy (non-hydrogen) atoms. The van der Waals surface area contributed by atoms with Crippen LogP contribution < -0.4 is 21.3 Å². The van der Waals surface area contributed by atoms with Gasteiger partial charge in [0.25, 0.3) is 0 Å². The molecule has 177 valence electrons. The quantitative estimate of drug-likeness (QED) is 0.385. The molecule has 0 spiro atoms. The number of hydrogen-bond acceptors (Lipinski definition) is 5. The van der Waals surface area contributed by atoms with E-state index in [4.69, 9.17) is 25.2 Å². The predicted molar refractivity (Wildman–Crippen MR) is 127 cm³/mol. The Bertz CT molecular complexity index is 603. The summed E-state index contributed by atoms with van der Waals surface area (Å²) >= 11 is 0.00694. The molecule has 2 heterocycles. The second-order valence-corrected chi connectivity index (χ2v) is 11.2. The van der Waals surface area contributed by atoms with Gasteiger partial charge in [-0.1, -0.05) is 31.7 Å². The number of nitrogens with zero attached hydrogens (tertiary/aromatic N) is 1. The number of halogens is 2. The molecule has 1 aromatic heterocycles. The van der Waals surface area contributed by atoms with Gasteiger partial charge in [-0.3, -0.25) is 4.98 Å². The SMILES string of the molecule is C[C@@H]1N[C@H]2CCCC[C@@H]2NCCN[C@H]2CCCC[C@@H]2N[C@@H](C)c2cccc1n2.[Cl][Mn][Cl]. The molecule has 0 amide bonds. The molecule has 1 aliphatic heterocycles. The van der Waals surface area contributed by atoms with E-state index in [1.165, 1.54) is 62.8 Å². The Hall–Kier alpha value is 0.0895. The van der Waals surface area contributed by atoms with Gasteiger partial charge in [0.15, 0.2) is 0 Å². The molecule has 0 unspecified atom stereocenters. The Morgan fingerprint density at radius 1 is 0.742 bits per heavy atom. The summed E-state index contributed by atoms with van der Waals surface area (Å²) in [5.74, 6) is 0. The second kappa shape index (κ2) is 13.7. The second-order valence-electron chi connectivity index (χ2n) is 9.22. The molecule has 2 aliphatic carbocycles. The standard InChI is InChI=1S/C23H39N5.2ClH.Mn/c1-16-18-12-7-13-19(28-18)17(2)27-23-11-6-4-9-21(23)25-15-14-24-20-8-3-5-10-22(20)26-16;;;/h7,12-13,16-17,20-27H,3-6,8-11,14-15H2,1-2H3;2*1H;/q;;;+2/p-2/t16-,17-,20-,21-,22-,23-;;;/m0.../s1. The molecule has 2 bridgehead atoms. The average molecular weight is 511 g/mol. The number of aromatic nitrogens is 1. The van der Waals surface area contributed by atoms with Crippen molar-refractivity contribution in [2.24, 2.45) is 0 Å². The van der Waals surface area contributed by atoms with E-state index in [1.807, 2.05) is 0 Å². The number of fused-ring (bicyclic) bond motifs is 4. The molecule has 3 aliphatic rings. The maximum absolute atomic E-state index is 5.06. The van der Waals surface area contributed by atoms with Crippen molar-refractivity contribution in [1.82, 2.24) is 26.3 Å². The molecule has 2 fully saturated rings. The van der Waals surface area contributed by atoms with Gasteiger partial charge in [-0.05, 0) is 51.7 Å². The molecule has 2 saturated carbocycles. The van der Waals surface area contributed by atoms with Crippen molar-refractivity contribution in [1.29, 1.82) is 0 Å². The first-order chi connectivity index (χ1) is 15.1. The zero-order chi connectivity index (χ0) is 22.1. The first kappa shape index (κ1) is 25.7. The van der Waals surface area contributed by atoms with Crippen LogP contribution >= 0.6 is 20.2 Å². The number of hydrogen-bond donors (Lipinski definition) is 4. The van der Waals surface area contributed by atoms with Crippen molar-refractivity contribution in [3.05, 3.63) is 29.6 Å². The summed E-state index contributed by atoms with van der Waals surface area (Å²) in [5, 5.41) is 15.5. The van der Waals surface area contributed by atoms with Gasteiger partial charge >= 0.3 is 33.3 Å². The van der Waals surface area contributed by atoms with E-state index < -0.39 is 0 Å². The van der Waals surface area contributed by atoms with Crippen LogP contribution in [0.3, 0.4) is 0 Å².